The van der Waals surface area contributed by atoms with Gasteiger partial charge in [0.1, 0.15) is 0 Å². The van der Waals surface area contributed by atoms with Crippen molar-refractivity contribution < 1.29 is 0 Å². The van der Waals surface area contributed by atoms with Crippen LogP contribution in [0.5, 0.6) is 0 Å². The molecule has 0 spiro atoms. The monoisotopic (exact) mass is 462 g/mol. The van der Waals surface area contributed by atoms with Crippen LogP contribution in [0.15, 0.2) is 104 Å². The third kappa shape index (κ3) is 5.08. The molecule has 1 unspecified atom stereocenters. The van der Waals surface area contributed by atoms with E-state index in [0.717, 1.165) is 12.8 Å². The van der Waals surface area contributed by atoms with Gasteiger partial charge < -0.3 is 9.55 Å². The minimum Gasteiger partial charge on any atom is -0.361 e. The van der Waals surface area contributed by atoms with Crippen LogP contribution in [-0.4, -0.2) is 14.5 Å². The van der Waals surface area contributed by atoms with Crippen molar-refractivity contribution in [1.82, 2.24) is 19.9 Å². The molecule has 0 saturated carbocycles. The fourth-order valence-electron chi connectivity index (χ4n) is 5.18. The highest BCUT2D eigenvalue weighted by Gasteiger charge is 2.36. The molecule has 0 aliphatic rings. The van der Waals surface area contributed by atoms with Crippen molar-refractivity contribution in [2.75, 3.05) is 0 Å². The molecule has 3 aromatic carbocycles. The van der Waals surface area contributed by atoms with Crippen LogP contribution in [0.3, 0.4) is 0 Å². The largest absolute Gasteiger partial charge is 0.361 e. The quantitative estimate of drug-likeness (QED) is 0.211. The summed E-state index contributed by atoms with van der Waals surface area (Å²) in [6.07, 6.45) is 13.4. The van der Waals surface area contributed by atoms with Gasteiger partial charge >= 0.3 is 0 Å². The summed E-state index contributed by atoms with van der Waals surface area (Å²) in [5, 5.41) is 5.25. The zero-order valence-electron chi connectivity index (χ0n) is 20.5. The van der Waals surface area contributed by atoms with E-state index in [9.17, 15) is 0 Å². The van der Waals surface area contributed by atoms with Crippen molar-refractivity contribution in [2.24, 2.45) is 0 Å². The molecule has 4 nitrogen and oxygen atoms in total. The minimum atomic E-state index is -0.391. The van der Waals surface area contributed by atoms with Gasteiger partial charge in [0.25, 0.3) is 0 Å². The standard InChI is InChI=1S/C31H34N4/c1-2-3-5-10-26-11-8-9-14-29(26)31(28-12-6-4-7-13-28,34-24-35-20-19-32-23-35)22-25-15-16-30-27(21-25)17-18-33-30/h4,6-9,11-21,23,33-34H,2-3,5,10,22,24H2,1H3. The van der Waals surface area contributed by atoms with Gasteiger partial charge in [-0.2, -0.15) is 0 Å². The smallest absolute Gasteiger partial charge is 0.0956 e. The molecule has 2 aromatic heterocycles. The van der Waals surface area contributed by atoms with E-state index in [-0.39, 0.29) is 0 Å². The van der Waals surface area contributed by atoms with Crippen LogP contribution >= 0.6 is 0 Å². The molecule has 0 bridgehead atoms. The van der Waals surface area contributed by atoms with E-state index in [1.807, 2.05) is 24.9 Å². The number of H-pyrrole nitrogens is 1. The highest BCUT2D eigenvalue weighted by Crippen LogP contribution is 2.37. The molecule has 0 amide bonds. The zero-order valence-corrected chi connectivity index (χ0v) is 20.5. The van der Waals surface area contributed by atoms with Crippen molar-refractivity contribution in [1.29, 1.82) is 0 Å². The number of aromatic amines is 1. The molecule has 2 N–H and O–H groups in total. The van der Waals surface area contributed by atoms with E-state index in [1.54, 1.807) is 0 Å². The Morgan fingerprint density at radius 3 is 2.63 bits per heavy atom. The lowest BCUT2D eigenvalue weighted by Gasteiger charge is -2.38. The Labute approximate surface area is 208 Å². The Morgan fingerprint density at radius 1 is 0.943 bits per heavy atom. The summed E-state index contributed by atoms with van der Waals surface area (Å²) in [7, 11) is 0. The van der Waals surface area contributed by atoms with Crippen LogP contribution in [0.4, 0.5) is 0 Å². The molecule has 5 aromatic rings. The van der Waals surface area contributed by atoms with Gasteiger partial charge in [0, 0.05) is 24.1 Å². The molecular weight excluding hydrogens is 428 g/mol. The molecule has 1 atom stereocenters. The van der Waals surface area contributed by atoms with Crippen LogP contribution in [0.2, 0.25) is 0 Å². The van der Waals surface area contributed by atoms with Gasteiger partial charge in [-0.3, -0.25) is 5.32 Å². The van der Waals surface area contributed by atoms with Crippen LogP contribution < -0.4 is 5.32 Å². The van der Waals surface area contributed by atoms with Crippen LogP contribution in [-0.2, 0) is 25.0 Å². The van der Waals surface area contributed by atoms with Gasteiger partial charge in [0.15, 0.2) is 0 Å². The van der Waals surface area contributed by atoms with E-state index in [4.69, 9.17) is 0 Å². The third-order valence-electron chi connectivity index (χ3n) is 7.00. The van der Waals surface area contributed by atoms with E-state index >= 15 is 0 Å². The molecule has 178 valence electrons. The Kier molecular flexibility index (Phi) is 7.10. The van der Waals surface area contributed by atoms with Crippen molar-refractivity contribution >= 4 is 10.9 Å². The lowest BCUT2D eigenvalue weighted by Crippen LogP contribution is -2.46. The number of aromatic nitrogens is 3. The van der Waals surface area contributed by atoms with E-state index in [2.05, 4.69) is 106 Å². The maximum atomic E-state index is 4.27. The van der Waals surface area contributed by atoms with Crippen molar-refractivity contribution in [2.45, 2.75) is 51.2 Å². The van der Waals surface area contributed by atoms with Crippen LogP contribution in [0.1, 0.15) is 48.4 Å². The summed E-state index contributed by atoms with van der Waals surface area (Å²) >= 11 is 0. The van der Waals surface area contributed by atoms with Crippen LogP contribution in [0, 0.1) is 0 Å². The second-order valence-electron chi connectivity index (χ2n) is 9.37. The summed E-state index contributed by atoms with van der Waals surface area (Å²) in [4.78, 5) is 7.60. The molecular formula is C31H34N4. The Morgan fingerprint density at radius 2 is 1.80 bits per heavy atom. The Hall–Kier alpha value is -3.63. The molecule has 0 aliphatic heterocycles. The van der Waals surface area contributed by atoms with E-state index < -0.39 is 5.54 Å². The summed E-state index contributed by atoms with van der Waals surface area (Å²) in [5.74, 6) is 0. The maximum Gasteiger partial charge on any atom is 0.0956 e. The second kappa shape index (κ2) is 10.7. The molecule has 0 aliphatic carbocycles. The molecule has 0 saturated heterocycles. The lowest BCUT2D eigenvalue weighted by molar-refractivity contribution is 0.353. The number of imidazole rings is 1. The molecule has 5 rings (SSSR count). The number of unbranched alkanes of at least 4 members (excludes halogenated alkanes) is 2. The lowest BCUT2D eigenvalue weighted by atomic mass is 9.75. The average molecular weight is 463 g/mol. The first-order chi connectivity index (χ1) is 17.3. The highest BCUT2D eigenvalue weighted by molar-refractivity contribution is 5.80. The van der Waals surface area contributed by atoms with Gasteiger partial charge in [0.2, 0.25) is 0 Å². The fourth-order valence-corrected chi connectivity index (χ4v) is 5.18. The number of hydrogen-bond acceptors (Lipinski definition) is 2. The van der Waals surface area contributed by atoms with Gasteiger partial charge in [-0.1, -0.05) is 80.4 Å². The Bertz CT molecular complexity index is 1340. The number of rotatable bonds is 11. The normalized spacial score (nSPS) is 13.2. The summed E-state index contributed by atoms with van der Waals surface area (Å²) in [5.41, 5.74) is 6.14. The highest BCUT2D eigenvalue weighted by atomic mass is 15.2. The van der Waals surface area contributed by atoms with Gasteiger partial charge in [-0.15, -0.1) is 0 Å². The predicted octanol–water partition coefficient (Wildman–Crippen LogP) is 6.83. The molecule has 2 heterocycles. The van der Waals surface area contributed by atoms with Crippen molar-refractivity contribution in [3.63, 3.8) is 0 Å². The summed E-state index contributed by atoms with van der Waals surface area (Å²) in [6, 6.07) is 28.9. The zero-order chi connectivity index (χ0) is 23.9. The predicted molar refractivity (Wildman–Crippen MR) is 144 cm³/mol. The molecule has 0 fully saturated rings. The number of nitrogens with one attached hydrogen (secondary N) is 2. The number of nitrogens with zero attached hydrogens (tertiary/aromatic N) is 2. The van der Waals surface area contributed by atoms with Crippen LogP contribution in [0.25, 0.3) is 10.9 Å². The van der Waals surface area contributed by atoms with Crippen molar-refractivity contribution in [3.05, 3.63) is 126 Å². The van der Waals surface area contributed by atoms with E-state index in [1.165, 1.54) is 52.4 Å². The molecule has 0 radical (unpaired) electrons. The van der Waals surface area contributed by atoms with Crippen molar-refractivity contribution in [3.8, 4) is 0 Å². The number of aryl methyl sites for hydroxylation is 1. The topological polar surface area (TPSA) is 45.6 Å². The number of hydrogen-bond donors (Lipinski definition) is 2. The van der Waals surface area contributed by atoms with Gasteiger partial charge in [-0.05, 0) is 65.1 Å². The van der Waals surface area contributed by atoms with E-state index in [0.29, 0.717) is 6.67 Å². The molecule has 35 heavy (non-hydrogen) atoms. The summed E-state index contributed by atoms with van der Waals surface area (Å²) < 4.78 is 2.10. The number of fused-ring (bicyclic) bond motifs is 1. The summed E-state index contributed by atoms with van der Waals surface area (Å²) in [6.45, 7) is 2.94. The molecule has 4 heteroatoms. The van der Waals surface area contributed by atoms with Gasteiger partial charge in [-0.25, -0.2) is 4.98 Å². The SMILES string of the molecule is CCCCCc1ccccc1C(Cc1ccc2[nH]ccc2c1)(NCn1ccnc1)c1ccccc1. The first-order valence-corrected chi connectivity index (χ1v) is 12.7. The maximum absolute atomic E-state index is 4.27. The number of benzene rings is 3. The van der Waals surface area contributed by atoms with Gasteiger partial charge in [0.05, 0.1) is 18.5 Å². The first-order valence-electron chi connectivity index (χ1n) is 12.7. The first kappa shape index (κ1) is 23.1. The third-order valence-corrected chi connectivity index (χ3v) is 7.00. The Balaban J connectivity index is 1.64. The minimum absolute atomic E-state index is 0.391. The fraction of sp³-hybridized carbons (Fsp3) is 0.258. The average Bonchev–Trinajstić information content (AvgIpc) is 3.60. The second-order valence-corrected chi connectivity index (χ2v) is 9.37.